The van der Waals surface area contributed by atoms with Crippen molar-refractivity contribution in [1.29, 1.82) is 0 Å². The van der Waals surface area contributed by atoms with Crippen LogP contribution in [0.4, 0.5) is 0 Å². The summed E-state index contributed by atoms with van der Waals surface area (Å²) in [4.78, 5) is 11.7. The van der Waals surface area contributed by atoms with Crippen LogP contribution in [0.5, 0.6) is 0 Å². The number of amides is 1. The van der Waals surface area contributed by atoms with Gasteiger partial charge in [-0.15, -0.1) is 10.2 Å². The molecule has 0 radical (unpaired) electrons. The molecule has 0 bridgehead atoms. The quantitative estimate of drug-likeness (QED) is 0.722. The number of hydrogen-bond acceptors (Lipinski definition) is 4. The lowest BCUT2D eigenvalue weighted by atomic mass is 9.99. The third-order valence-corrected chi connectivity index (χ3v) is 3.01. The molecule has 1 aromatic heterocycles. The van der Waals surface area contributed by atoms with Crippen molar-refractivity contribution in [2.24, 2.45) is 18.7 Å². The van der Waals surface area contributed by atoms with Crippen LogP contribution in [0.25, 0.3) is 0 Å². The van der Waals surface area contributed by atoms with E-state index in [-0.39, 0.29) is 11.8 Å². The Bertz CT molecular complexity index is 362. The molecule has 6 heteroatoms. The van der Waals surface area contributed by atoms with Crippen molar-refractivity contribution in [2.45, 2.75) is 32.7 Å². The fourth-order valence-corrected chi connectivity index (χ4v) is 1.46. The summed E-state index contributed by atoms with van der Waals surface area (Å²) in [5, 5.41) is 10.5. The van der Waals surface area contributed by atoms with Crippen molar-refractivity contribution in [3.05, 3.63) is 12.2 Å². The van der Waals surface area contributed by atoms with Crippen LogP contribution in [0.15, 0.2) is 6.33 Å². The van der Waals surface area contributed by atoms with Crippen molar-refractivity contribution in [3.63, 3.8) is 0 Å². The second-order valence-corrected chi connectivity index (χ2v) is 4.31. The molecule has 0 aliphatic rings. The van der Waals surface area contributed by atoms with E-state index in [9.17, 15) is 4.79 Å². The van der Waals surface area contributed by atoms with Gasteiger partial charge in [0.05, 0.1) is 6.04 Å². The number of hydrogen-bond donors (Lipinski definition) is 2. The van der Waals surface area contributed by atoms with Crippen LogP contribution in [-0.4, -0.2) is 33.3 Å². The van der Waals surface area contributed by atoms with E-state index in [0.717, 1.165) is 12.2 Å². The van der Waals surface area contributed by atoms with Crippen molar-refractivity contribution in [2.75, 3.05) is 6.54 Å². The van der Waals surface area contributed by atoms with Crippen LogP contribution in [0.3, 0.4) is 0 Å². The summed E-state index contributed by atoms with van der Waals surface area (Å²) in [5.74, 6) is 0.953. The van der Waals surface area contributed by atoms with E-state index in [2.05, 4.69) is 15.5 Å². The molecule has 3 N–H and O–H groups in total. The van der Waals surface area contributed by atoms with Crippen molar-refractivity contribution < 1.29 is 4.79 Å². The minimum absolute atomic E-state index is 0.0958. The standard InChI is InChI=1S/C11H21N5O/c1-4-8(2)10(12)11(17)13-6-5-9-15-14-7-16(9)3/h7-8,10H,4-6,12H2,1-3H3,(H,13,17). The highest BCUT2D eigenvalue weighted by Crippen LogP contribution is 2.04. The Morgan fingerprint density at radius 1 is 1.65 bits per heavy atom. The van der Waals surface area contributed by atoms with E-state index in [0.29, 0.717) is 13.0 Å². The van der Waals surface area contributed by atoms with Gasteiger partial charge >= 0.3 is 0 Å². The summed E-state index contributed by atoms with van der Waals surface area (Å²) in [6, 6.07) is -0.431. The number of rotatable bonds is 6. The fraction of sp³-hybridized carbons (Fsp3) is 0.727. The molecule has 1 aromatic rings. The maximum absolute atomic E-state index is 11.7. The van der Waals surface area contributed by atoms with Gasteiger partial charge in [0.15, 0.2) is 0 Å². The third kappa shape index (κ3) is 3.81. The summed E-state index contributed by atoms with van der Waals surface area (Å²) >= 11 is 0. The average molecular weight is 239 g/mol. The lowest BCUT2D eigenvalue weighted by molar-refractivity contribution is -0.123. The largest absolute Gasteiger partial charge is 0.354 e. The van der Waals surface area contributed by atoms with Crippen molar-refractivity contribution >= 4 is 5.91 Å². The van der Waals surface area contributed by atoms with Gasteiger partial charge in [0.1, 0.15) is 12.2 Å². The molecule has 1 rings (SSSR count). The SMILES string of the molecule is CCC(C)C(N)C(=O)NCCc1nncn1C. The Morgan fingerprint density at radius 2 is 2.35 bits per heavy atom. The van der Waals surface area contributed by atoms with Gasteiger partial charge in [0.25, 0.3) is 0 Å². The molecule has 2 unspecified atom stereocenters. The molecule has 0 aliphatic carbocycles. The van der Waals surface area contributed by atoms with E-state index in [1.165, 1.54) is 0 Å². The summed E-state index contributed by atoms with van der Waals surface area (Å²) in [6.45, 7) is 4.54. The normalized spacial score (nSPS) is 14.4. The average Bonchev–Trinajstić information content (AvgIpc) is 2.73. The Balaban J connectivity index is 2.32. The maximum Gasteiger partial charge on any atom is 0.237 e. The van der Waals surface area contributed by atoms with E-state index in [1.54, 1.807) is 6.33 Å². The molecular formula is C11H21N5O. The van der Waals surface area contributed by atoms with Crippen LogP contribution in [0, 0.1) is 5.92 Å². The summed E-state index contributed by atoms with van der Waals surface area (Å²) < 4.78 is 1.83. The van der Waals surface area contributed by atoms with Gasteiger partial charge in [-0.25, -0.2) is 0 Å². The van der Waals surface area contributed by atoms with Gasteiger partial charge < -0.3 is 15.6 Å². The van der Waals surface area contributed by atoms with Gasteiger partial charge in [0.2, 0.25) is 5.91 Å². The molecule has 0 aliphatic heterocycles. The molecule has 0 aromatic carbocycles. The highest BCUT2D eigenvalue weighted by Gasteiger charge is 2.18. The summed E-state index contributed by atoms with van der Waals surface area (Å²) in [6.07, 6.45) is 3.20. The maximum atomic E-state index is 11.7. The zero-order valence-corrected chi connectivity index (χ0v) is 10.7. The first-order valence-corrected chi connectivity index (χ1v) is 5.92. The number of nitrogens with two attached hydrogens (primary N) is 1. The second kappa shape index (κ2) is 6.34. The molecule has 0 spiro atoms. The predicted molar refractivity (Wildman–Crippen MR) is 65.1 cm³/mol. The number of aromatic nitrogens is 3. The van der Waals surface area contributed by atoms with Crippen molar-refractivity contribution in [1.82, 2.24) is 20.1 Å². The zero-order chi connectivity index (χ0) is 12.8. The first-order chi connectivity index (χ1) is 8.06. The monoisotopic (exact) mass is 239 g/mol. The Hall–Kier alpha value is -1.43. The first-order valence-electron chi connectivity index (χ1n) is 5.92. The number of nitrogens with one attached hydrogen (secondary N) is 1. The summed E-state index contributed by atoms with van der Waals surface area (Å²) in [7, 11) is 1.88. The molecule has 0 saturated heterocycles. The van der Waals surface area contributed by atoms with Crippen LogP contribution in [0.1, 0.15) is 26.1 Å². The van der Waals surface area contributed by atoms with Crippen LogP contribution in [-0.2, 0) is 18.3 Å². The molecule has 2 atom stereocenters. The van der Waals surface area contributed by atoms with E-state index in [4.69, 9.17) is 5.73 Å². The highest BCUT2D eigenvalue weighted by molar-refractivity contribution is 5.81. The fourth-order valence-electron chi connectivity index (χ4n) is 1.46. The van der Waals surface area contributed by atoms with E-state index >= 15 is 0 Å². The van der Waals surface area contributed by atoms with Gasteiger partial charge in [-0.2, -0.15) is 0 Å². The minimum atomic E-state index is -0.431. The topological polar surface area (TPSA) is 85.8 Å². The smallest absolute Gasteiger partial charge is 0.237 e. The van der Waals surface area contributed by atoms with E-state index in [1.807, 2.05) is 25.5 Å². The number of aryl methyl sites for hydroxylation is 1. The van der Waals surface area contributed by atoms with Crippen LogP contribution < -0.4 is 11.1 Å². The lowest BCUT2D eigenvalue weighted by Gasteiger charge is -2.17. The molecule has 17 heavy (non-hydrogen) atoms. The van der Waals surface area contributed by atoms with Gasteiger partial charge in [-0.1, -0.05) is 20.3 Å². The molecule has 6 nitrogen and oxygen atoms in total. The Morgan fingerprint density at radius 3 is 2.88 bits per heavy atom. The molecular weight excluding hydrogens is 218 g/mol. The van der Waals surface area contributed by atoms with Crippen molar-refractivity contribution in [3.8, 4) is 0 Å². The number of nitrogens with zero attached hydrogens (tertiary/aromatic N) is 3. The molecule has 1 heterocycles. The number of carbonyl (C=O) groups excluding carboxylic acids is 1. The van der Waals surface area contributed by atoms with E-state index < -0.39 is 6.04 Å². The predicted octanol–water partition coefficient (Wildman–Crippen LogP) is -0.153. The summed E-state index contributed by atoms with van der Waals surface area (Å²) in [5.41, 5.74) is 5.82. The minimum Gasteiger partial charge on any atom is -0.354 e. The second-order valence-electron chi connectivity index (χ2n) is 4.31. The first kappa shape index (κ1) is 13.6. The highest BCUT2D eigenvalue weighted by atomic mass is 16.2. The van der Waals surface area contributed by atoms with Gasteiger partial charge in [0, 0.05) is 20.0 Å². The molecule has 0 fully saturated rings. The van der Waals surface area contributed by atoms with Crippen LogP contribution >= 0.6 is 0 Å². The zero-order valence-electron chi connectivity index (χ0n) is 10.7. The molecule has 1 amide bonds. The molecule has 0 saturated carbocycles. The third-order valence-electron chi connectivity index (χ3n) is 3.01. The number of carbonyl (C=O) groups is 1. The Kier molecular flexibility index (Phi) is 5.09. The van der Waals surface area contributed by atoms with Gasteiger partial charge in [-0.3, -0.25) is 4.79 Å². The van der Waals surface area contributed by atoms with Crippen LogP contribution in [0.2, 0.25) is 0 Å². The Labute approximate surface area is 102 Å². The molecule has 96 valence electrons. The van der Waals surface area contributed by atoms with Gasteiger partial charge in [-0.05, 0) is 5.92 Å². The lowest BCUT2D eigenvalue weighted by Crippen LogP contribution is -2.45.